The van der Waals surface area contributed by atoms with Crippen molar-refractivity contribution in [2.75, 3.05) is 19.6 Å². The minimum absolute atomic E-state index is 1.28. The fourth-order valence-corrected chi connectivity index (χ4v) is 1.27. The third kappa shape index (κ3) is 0.416. The van der Waals surface area contributed by atoms with Gasteiger partial charge in [0.05, 0.1) is 0 Å². The Bertz CT molecular complexity index is 107. The zero-order valence-corrected chi connectivity index (χ0v) is 4.35. The molecule has 1 fully saturated rings. The smallest absolute Gasteiger partial charge is 0.0209 e. The summed E-state index contributed by atoms with van der Waals surface area (Å²) < 4.78 is 0. The quantitative estimate of drug-likeness (QED) is 0.399. The van der Waals surface area contributed by atoms with Crippen LogP contribution in [0.3, 0.4) is 0 Å². The Kier molecular flexibility index (Phi) is 0.577. The first kappa shape index (κ1) is 3.67. The van der Waals surface area contributed by atoms with Crippen LogP contribution in [0.2, 0.25) is 0 Å². The first-order chi connectivity index (χ1) is 3.45. The zero-order chi connectivity index (χ0) is 4.69. The molecule has 3 rings (SSSR count). The Morgan fingerprint density at radius 2 is 2.29 bits per heavy atom. The lowest BCUT2D eigenvalue weighted by Crippen LogP contribution is -2.43. The minimum atomic E-state index is 1.28. The third-order valence-electron chi connectivity index (χ3n) is 1.73. The lowest BCUT2D eigenvalue weighted by Gasteiger charge is -2.37. The predicted molar refractivity (Wildman–Crippen MR) is 29.1 cm³/mol. The summed E-state index contributed by atoms with van der Waals surface area (Å²) in [6.45, 7) is 3.86. The van der Waals surface area contributed by atoms with E-state index in [1.54, 1.807) is 5.57 Å². The second-order valence-electron chi connectivity index (χ2n) is 2.36. The molecule has 0 aromatic carbocycles. The molecular formula is C6H9N. The molecule has 3 aliphatic heterocycles. The van der Waals surface area contributed by atoms with Crippen LogP contribution in [0.4, 0.5) is 0 Å². The van der Waals surface area contributed by atoms with Crippen LogP contribution in [-0.2, 0) is 0 Å². The molecule has 3 aliphatic rings. The second kappa shape index (κ2) is 1.10. The molecule has 0 aromatic heterocycles. The third-order valence-corrected chi connectivity index (χ3v) is 1.73. The number of rotatable bonds is 0. The van der Waals surface area contributed by atoms with Gasteiger partial charge >= 0.3 is 0 Å². The molecule has 2 bridgehead atoms. The first-order valence-electron chi connectivity index (χ1n) is 2.85. The van der Waals surface area contributed by atoms with Crippen molar-refractivity contribution in [2.45, 2.75) is 6.42 Å². The molecule has 1 saturated heterocycles. The van der Waals surface area contributed by atoms with Crippen molar-refractivity contribution < 1.29 is 0 Å². The van der Waals surface area contributed by atoms with Crippen LogP contribution in [0, 0.1) is 0 Å². The van der Waals surface area contributed by atoms with Gasteiger partial charge in [-0.3, -0.25) is 4.90 Å². The molecule has 0 unspecified atom stereocenters. The Morgan fingerprint density at radius 3 is 2.43 bits per heavy atom. The van der Waals surface area contributed by atoms with Crippen molar-refractivity contribution in [3.05, 3.63) is 11.6 Å². The van der Waals surface area contributed by atoms with E-state index in [2.05, 4.69) is 11.0 Å². The molecule has 0 atom stereocenters. The van der Waals surface area contributed by atoms with Crippen molar-refractivity contribution in [2.24, 2.45) is 0 Å². The number of hydrogen-bond acceptors (Lipinski definition) is 1. The average molecular weight is 95.1 g/mol. The summed E-state index contributed by atoms with van der Waals surface area (Å²) in [6.07, 6.45) is 3.68. The molecule has 0 aromatic rings. The van der Waals surface area contributed by atoms with E-state index < -0.39 is 0 Å². The van der Waals surface area contributed by atoms with E-state index in [1.807, 2.05) is 0 Å². The molecular weight excluding hydrogens is 86.1 g/mol. The highest BCUT2D eigenvalue weighted by molar-refractivity contribution is 5.18. The molecule has 7 heavy (non-hydrogen) atoms. The van der Waals surface area contributed by atoms with Gasteiger partial charge < -0.3 is 0 Å². The summed E-state index contributed by atoms with van der Waals surface area (Å²) in [4.78, 5) is 2.47. The molecule has 0 aliphatic carbocycles. The normalized spacial score (nSPS) is 28.9. The Balaban J connectivity index is 2.23. The van der Waals surface area contributed by atoms with E-state index in [4.69, 9.17) is 0 Å². The maximum atomic E-state index is 2.47. The summed E-state index contributed by atoms with van der Waals surface area (Å²) in [5.74, 6) is 0. The van der Waals surface area contributed by atoms with Crippen LogP contribution in [0.25, 0.3) is 0 Å². The SMILES string of the molecule is C1=C2CN(CC1)C2. The Hall–Kier alpha value is -0.300. The topological polar surface area (TPSA) is 3.24 Å². The summed E-state index contributed by atoms with van der Waals surface area (Å²) in [5, 5.41) is 0. The first-order valence-corrected chi connectivity index (χ1v) is 2.85. The second-order valence-corrected chi connectivity index (χ2v) is 2.36. The highest BCUT2D eigenvalue weighted by Gasteiger charge is 2.21. The fourth-order valence-electron chi connectivity index (χ4n) is 1.27. The highest BCUT2D eigenvalue weighted by Crippen LogP contribution is 2.19. The van der Waals surface area contributed by atoms with Gasteiger partial charge in [-0.1, -0.05) is 6.08 Å². The van der Waals surface area contributed by atoms with Gasteiger partial charge in [-0.05, 0) is 12.0 Å². The van der Waals surface area contributed by atoms with Gasteiger partial charge in [0.2, 0.25) is 0 Å². The van der Waals surface area contributed by atoms with Gasteiger partial charge in [0.1, 0.15) is 0 Å². The lowest BCUT2D eigenvalue weighted by molar-refractivity contribution is 0.236. The van der Waals surface area contributed by atoms with Crippen molar-refractivity contribution in [1.29, 1.82) is 0 Å². The molecule has 0 N–H and O–H groups in total. The maximum Gasteiger partial charge on any atom is 0.0209 e. The van der Waals surface area contributed by atoms with Crippen molar-refractivity contribution in [1.82, 2.24) is 4.90 Å². The predicted octanol–water partition coefficient (Wildman–Crippen LogP) is 0.632. The fraction of sp³-hybridized carbons (Fsp3) is 0.667. The molecule has 1 nitrogen and oxygen atoms in total. The highest BCUT2D eigenvalue weighted by atomic mass is 15.2. The molecule has 0 spiro atoms. The van der Waals surface area contributed by atoms with Crippen LogP contribution < -0.4 is 0 Å². The monoisotopic (exact) mass is 95.1 g/mol. The van der Waals surface area contributed by atoms with Crippen LogP contribution in [-0.4, -0.2) is 24.5 Å². The van der Waals surface area contributed by atoms with Crippen LogP contribution in [0.5, 0.6) is 0 Å². The summed E-state index contributed by atoms with van der Waals surface area (Å²) >= 11 is 0. The number of fused-ring (bicyclic) bond motifs is 2. The molecule has 0 radical (unpaired) electrons. The molecule has 3 heterocycles. The van der Waals surface area contributed by atoms with Gasteiger partial charge in [-0.15, -0.1) is 0 Å². The Labute approximate surface area is 43.6 Å². The van der Waals surface area contributed by atoms with Gasteiger partial charge in [-0.25, -0.2) is 0 Å². The van der Waals surface area contributed by atoms with Gasteiger partial charge in [0, 0.05) is 19.6 Å². The van der Waals surface area contributed by atoms with E-state index >= 15 is 0 Å². The lowest BCUT2D eigenvalue weighted by atomic mass is 10.0. The van der Waals surface area contributed by atoms with E-state index in [1.165, 1.54) is 26.1 Å². The average Bonchev–Trinajstić information content (AvgIpc) is 1.67. The summed E-state index contributed by atoms with van der Waals surface area (Å²) in [5.41, 5.74) is 1.66. The molecule has 38 valence electrons. The van der Waals surface area contributed by atoms with Gasteiger partial charge in [-0.2, -0.15) is 0 Å². The van der Waals surface area contributed by atoms with Crippen molar-refractivity contribution in [3.63, 3.8) is 0 Å². The van der Waals surface area contributed by atoms with Gasteiger partial charge in [0.25, 0.3) is 0 Å². The van der Waals surface area contributed by atoms with E-state index in [9.17, 15) is 0 Å². The standard InChI is InChI=1S/C6H9N/c1-2-6-4-7(3-1)5-6/h2H,1,3-5H2. The molecule has 0 saturated carbocycles. The largest absolute Gasteiger partial charge is 0.295 e. The Morgan fingerprint density at radius 1 is 1.43 bits per heavy atom. The number of nitrogens with zero attached hydrogens (tertiary/aromatic N) is 1. The summed E-state index contributed by atoms with van der Waals surface area (Å²) in [6, 6.07) is 0. The van der Waals surface area contributed by atoms with Gasteiger partial charge in [0.15, 0.2) is 0 Å². The zero-order valence-electron chi connectivity index (χ0n) is 4.35. The molecule has 1 heteroatoms. The van der Waals surface area contributed by atoms with E-state index in [-0.39, 0.29) is 0 Å². The maximum absolute atomic E-state index is 2.47. The van der Waals surface area contributed by atoms with Crippen LogP contribution >= 0.6 is 0 Å². The van der Waals surface area contributed by atoms with Crippen molar-refractivity contribution in [3.8, 4) is 0 Å². The van der Waals surface area contributed by atoms with E-state index in [0.29, 0.717) is 0 Å². The number of hydrogen-bond donors (Lipinski definition) is 0. The molecule has 0 amide bonds. The van der Waals surface area contributed by atoms with Crippen LogP contribution in [0.15, 0.2) is 11.6 Å². The van der Waals surface area contributed by atoms with E-state index in [0.717, 1.165) is 0 Å². The summed E-state index contributed by atoms with van der Waals surface area (Å²) in [7, 11) is 0. The van der Waals surface area contributed by atoms with Crippen LogP contribution in [0.1, 0.15) is 6.42 Å². The minimum Gasteiger partial charge on any atom is -0.295 e. The van der Waals surface area contributed by atoms with Crippen molar-refractivity contribution >= 4 is 0 Å².